The Morgan fingerprint density at radius 2 is 1.85 bits per heavy atom. The molecular weight excluding hydrogens is 310 g/mol. The Kier molecular flexibility index (Phi) is 8.76. The van der Waals surface area contributed by atoms with Gasteiger partial charge in [-0.05, 0) is 0 Å². The third-order valence-electron chi connectivity index (χ3n) is 1.92. The van der Waals surface area contributed by atoms with Crippen molar-refractivity contribution in [3.63, 3.8) is 0 Å². The fraction of sp³-hybridized carbons (Fsp3) is 0.556. The van der Waals surface area contributed by atoms with E-state index < -0.39 is 41.7 Å². The van der Waals surface area contributed by atoms with Gasteiger partial charge in [0.25, 0.3) is 5.24 Å². The lowest BCUT2D eigenvalue weighted by Crippen LogP contribution is -2.48. The van der Waals surface area contributed by atoms with E-state index in [4.69, 9.17) is 15.9 Å². The summed E-state index contributed by atoms with van der Waals surface area (Å²) in [6, 6.07) is -2.21. The summed E-state index contributed by atoms with van der Waals surface area (Å²) < 4.78 is 0. The van der Waals surface area contributed by atoms with E-state index >= 15 is 0 Å². The van der Waals surface area contributed by atoms with E-state index in [0.29, 0.717) is 11.8 Å². The SMILES string of the molecule is N[C@@H](CSC(=O)N[C@@H](CS)C(=O)NCC(=O)O)C(=O)O. The molecule has 11 heteroatoms. The molecule has 0 spiro atoms. The minimum atomic E-state index is -1.24. The average molecular weight is 325 g/mol. The number of carboxylic acids is 2. The second-order valence-corrected chi connectivity index (χ2v) is 4.89. The van der Waals surface area contributed by atoms with Crippen molar-refractivity contribution in [2.24, 2.45) is 5.73 Å². The summed E-state index contributed by atoms with van der Waals surface area (Å²) in [6.45, 7) is -0.573. The number of thiol groups is 1. The van der Waals surface area contributed by atoms with Gasteiger partial charge in [0.05, 0.1) is 0 Å². The van der Waals surface area contributed by atoms with Gasteiger partial charge in [-0.25, -0.2) is 0 Å². The molecule has 0 fully saturated rings. The predicted molar refractivity (Wildman–Crippen MR) is 74.9 cm³/mol. The molecule has 2 amide bonds. The smallest absolute Gasteiger partial charge is 0.322 e. The Hall–Kier alpha value is -1.46. The second-order valence-electron chi connectivity index (χ2n) is 3.53. The topological polar surface area (TPSA) is 159 Å². The van der Waals surface area contributed by atoms with Gasteiger partial charge in [-0.15, -0.1) is 0 Å². The van der Waals surface area contributed by atoms with E-state index in [-0.39, 0.29) is 11.5 Å². The molecule has 0 radical (unpaired) electrons. The molecule has 114 valence electrons. The minimum absolute atomic E-state index is 0.0390. The van der Waals surface area contributed by atoms with E-state index in [1.807, 2.05) is 0 Å². The molecule has 9 nitrogen and oxygen atoms in total. The molecular formula is C9H15N3O6S2. The van der Waals surface area contributed by atoms with Crippen molar-refractivity contribution < 1.29 is 29.4 Å². The highest BCUT2D eigenvalue weighted by Gasteiger charge is 2.21. The third kappa shape index (κ3) is 7.86. The highest BCUT2D eigenvalue weighted by Crippen LogP contribution is 2.04. The first-order valence-corrected chi connectivity index (χ1v) is 6.91. The number of carbonyl (C=O) groups excluding carboxylic acids is 2. The molecule has 0 saturated carbocycles. The van der Waals surface area contributed by atoms with Crippen LogP contribution in [0.15, 0.2) is 0 Å². The number of aliphatic carboxylic acids is 2. The maximum atomic E-state index is 11.5. The number of rotatable bonds is 8. The number of amides is 2. The fourth-order valence-electron chi connectivity index (χ4n) is 0.901. The summed E-state index contributed by atoms with van der Waals surface area (Å²) in [6.07, 6.45) is 0. The maximum Gasteiger partial charge on any atom is 0.322 e. The van der Waals surface area contributed by atoms with Crippen LogP contribution >= 0.6 is 24.4 Å². The third-order valence-corrected chi connectivity index (χ3v) is 3.19. The number of hydrogen-bond acceptors (Lipinski definition) is 7. The number of carboxylic acid groups (broad SMARTS) is 2. The van der Waals surface area contributed by atoms with Crippen molar-refractivity contribution in [1.29, 1.82) is 0 Å². The van der Waals surface area contributed by atoms with Gasteiger partial charge in [0.15, 0.2) is 0 Å². The Morgan fingerprint density at radius 3 is 2.30 bits per heavy atom. The molecule has 0 saturated heterocycles. The molecule has 0 aliphatic carbocycles. The first-order valence-electron chi connectivity index (χ1n) is 5.30. The Balaban J connectivity index is 4.21. The first kappa shape index (κ1) is 18.5. The molecule has 2 atom stereocenters. The van der Waals surface area contributed by atoms with Gasteiger partial charge in [-0.3, -0.25) is 19.2 Å². The number of thioether (sulfide) groups is 1. The maximum absolute atomic E-state index is 11.5. The molecule has 0 heterocycles. The summed E-state index contributed by atoms with van der Waals surface area (Å²) >= 11 is 4.48. The summed E-state index contributed by atoms with van der Waals surface area (Å²) in [5, 5.41) is 20.7. The van der Waals surface area contributed by atoms with Crippen LogP contribution in [0.3, 0.4) is 0 Å². The Labute approximate surface area is 124 Å². The molecule has 0 rings (SSSR count). The van der Waals surface area contributed by atoms with Crippen molar-refractivity contribution in [2.45, 2.75) is 12.1 Å². The van der Waals surface area contributed by atoms with Crippen LogP contribution in [0.1, 0.15) is 0 Å². The van der Waals surface area contributed by atoms with Gasteiger partial charge in [-0.2, -0.15) is 12.6 Å². The van der Waals surface area contributed by atoms with Crippen LogP contribution in [0.5, 0.6) is 0 Å². The van der Waals surface area contributed by atoms with Crippen LogP contribution in [0.2, 0.25) is 0 Å². The molecule has 20 heavy (non-hydrogen) atoms. The van der Waals surface area contributed by atoms with Crippen molar-refractivity contribution in [3.05, 3.63) is 0 Å². The summed E-state index contributed by atoms with van der Waals surface area (Å²) in [7, 11) is 0. The lowest BCUT2D eigenvalue weighted by Gasteiger charge is -2.15. The zero-order valence-electron chi connectivity index (χ0n) is 10.2. The second kappa shape index (κ2) is 9.44. The van der Waals surface area contributed by atoms with Gasteiger partial charge < -0.3 is 26.6 Å². The fourth-order valence-corrected chi connectivity index (χ4v) is 1.86. The van der Waals surface area contributed by atoms with Crippen molar-refractivity contribution in [2.75, 3.05) is 18.1 Å². The molecule has 6 N–H and O–H groups in total. The number of nitrogens with one attached hydrogen (secondary N) is 2. The quantitative estimate of drug-likeness (QED) is 0.289. The van der Waals surface area contributed by atoms with Gasteiger partial charge in [-0.1, -0.05) is 11.8 Å². The summed E-state index contributed by atoms with van der Waals surface area (Å²) in [5.74, 6) is -3.35. The lowest BCUT2D eigenvalue weighted by molar-refractivity contribution is -0.138. The van der Waals surface area contributed by atoms with Crippen LogP contribution in [0, 0.1) is 0 Å². The molecule has 0 aromatic heterocycles. The van der Waals surface area contributed by atoms with Gasteiger partial charge in [0.2, 0.25) is 5.91 Å². The van der Waals surface area contributed by atoms with Crippen molar-refractivity contribution >= 4 is 47.5 Å². The van der Waals surface area contributed by atoms with Crippen LogP contribution in [0.4, 0.5) is 4.79 Å². The number of carbonyl (C=O) groups is 4. The van der Waals surface area contributed by atoms with Gasteiger partial charge in [0.1, 0.15) is 18.6 Å². The van der Waals surface area contributed by atoms with Crippen molar-refractivity contribution in [3.8, 4) is 0 Å². The highest BCUT2D eigenvalue weighted by atomic mass is 32.2. The van der Waals surface area contributed by atoms with Crippen LogP contribution in [-0.4, -0.2) is 63.4 Å². The van der Waals surface area contributed by atoms with E-state index in [1.165, 1.54) is 0 Å². The minimum Gasteiger partial charge on any atom is -0.480 e. The lowest BCUT2D eigenvalue weighted by atomic mass is 10.3. The summed E-state index contributed by atoms with van der Waals surface area (Å²) in [4.78, 5) is 43.7. The normalized spacial score (nSPS) is 13.1. The van der Waals surface area contributed by atoms with Crippen LogP contribution in [0.25, 0.3) is 0 Å². The molecule has 0 bridgehead atoms. The van der Waals surface area contributed by atoms with Crippen LogP contribution < -0.4 is 16.4 Å². The largest absolute Gasteiger partial charge is 0.480 e. The van der Waals surface area contributed by atoms with Gasteiger partial charge >= 0.3 is 11.9 Å². The number of nitrogens with two attached hydrogens (primary N) is 1. The van der Waals surface area contributed by atoms with Crippen LogP contribution in [-0.2, 0) is 14.4 Å². The van der Waals surface area contributed by atoms with Crippen molar-refractivity contribution in [1.82, 2.24) is 10.6 Å². The monoisotopic (exact) mass is 325 g/mol. The average Bonchev–Trinajstić information content (AvgIpc) is 2.38. The Bertz CT molecular complexity index is 392. The van der Waals surface area contributed by atoms with E-state index in [0.717, 1.165) is 0 Å². The highest BCUT2D eigenvalue weighted by molar-refractivity contribution is 8.13. The van der Waals surface area contributed by atoms with Gasteiger partial charge in [0, 0.05) is 11.5 Å². The predicted octanol–water partition coefficient (Wildman–Crippen LogP) is -1.66. The molecule has 0 aromatic carbocycles. The molecule has 0 aliphatic rings. The number of hydrogen-bond donors (Lipinski definition) is 6. The summed E-state index contributed by atoms with van der Waals surface area (Å²) in [5.41, 5.74) is 5.21. The van der Waals surface area contributed by atoms with E-state index in [9.17, 15) is 19.2 Å². The molecule has 0 unspecified atom stereocenters. The Morgan fingerprint density at radius 1 is 1.25 bits per heavy atom. The zero-order chi connectivity index (χ0) is 15.7. The van der Waals surface area contributed by atoms with E-state index in [2.05, 4.69) is 23.3 Å². The standard InChI is InChI=1S/C9H15N3O6S2/c10-4(8(16)17)3-20-9(18)12-5(2-19)7(15)11-1-6(13)14/h4-5,19H,1-3,10H2,(H,11,15)(H,12,18)(H,13,14)(H,16,17)/t4-,5-/m0/s1. The first-order chi connectivity index (χ1) is 9.27. The molecule has 0 aliphatic heterocycles. The van der Waals surface area contributed by atoms with E-state index in [1.54, 1.807) is 0 Å². The molecule has 0 aromatic rings. The zero-order valence-corrected chi connectivity index (χ0v) is 11.9.